The van der Waals surface area contributed by atoms with Crippen molar-refractivity contribution in [2.75, 3.05) is 5.32 Å². The van der Waals surface area contributed by atoms with Crippen LogP contribution in [0.4, 0.5) is 10.5 Å². The molecule has 0 aliphatic rings. The van der Waals surface area contributed by atoms with Crippen molar-refractivity contribution in [2.24, 2.45) is 5.73 Å². The molecule has 4 N–H and O–H groups in total. The van der Waals surface area contributed by atoms with E-state index in [-0.39, 0.29) is 11.3 Å². The third kappa shape index (κ3) is 2.22. The number of nitrogens with one attached hydrogen (secondary N) is 1. The second-order valence-electron chi connectivity index (χ2n) is 2.84. The Kier molecular flexibility index (Phi) is 2.71. The summed E-state index contributed by atoms with van der Waals surface area (Å²) >= 11 is 0. The summed E-state index contributed by atoms with van der Waals surface area (Å²) in [6.07, 6.45) is 0. The molecule has 0 bridgehead atoms. The molecule has 1 rings (SSSR count). The molecule has 0 saturated heterocycles. The van der Waals surface area contributed by atoms with Gasteiger partial charge >= 0.3 is 12.0 Å². The van der Waals surface area contributed by atoms with Gasteiger partial charge in [-0.25, -0.2) is 9.59 Å². The maximum atomic E-state index is 10.7. The highest BCUT2D eigenvalue weighted by Crippen LogP contribution is 2.17. The Morgan fingerprint density at radius 1 is 1.43 bits per heavy atom. The molecule has 5 nitrogen and oxygen atoms in total. The fourth-order valence-corrected chi connectivity index (χ4v) is 1.08. The van der Waals surface area contributed by atoms with Gasteiger partial charge in [0.2, 0.25) is 0 Å². The lowest BCUT2D eigenvalue weighted by molar-refractivity contribution is 0.0698. The smallest absolute Gasteiger partial charge is 0.337 e. The van der Waals surface area contributed by atoms with Crippen molar-refractivity contribution in [3.63, 3.8) is 0 Å². The molecule has 0 heterocycles. The van der Waals surface area contributed by atoms with Gasteiger partial charge in [-0.1, -0.05) is 6.07 Å². The van der Waals surface area contributed by atoms with E-state index in [0.29, 0.717) is 0 Å². The molecule has 0 saturated carbocycles. The zero-order chi connectivity index (χ0) is 10.7. The number of carbonyl (C=O) groups excluding carboxylic acids is 1. The SMILES string of the molecule is Cc1ccc(C(=O)O)c(NC(N)=O)c1. The van der Waals surface area contributed by atoms with E-state index in [2.05, 4.69) is 5.32 Å². The van der Waals surface area contributed by atoms with Crippen LogP contribution in [0, 0.1) is 6.92 Å². The summed E-state index contributed by atoms with van der Waals surface area (Å²) in [6, 6.07) is 3.84. The van der Waals surface area contributed by atoms with E-state index >= 15 is 0 Å². The first kappa shape index (κ1) is 10.0. The topological polar surface area (TPSA) is 92.4 Å². The molecule has 0 radical (unpaired) electrons. The number of nitrogens with two attached hydrogens (primary N) is 1. The Hall–Kier alpha value is -2.04. The summed E-state index contributed by atoms with van der Waals surface area (Å²) in [5.41, 5.74) is 5.98. The van der Waals surface area contributed by atoms with Gasteiger partial charge in [-0.15, -0.1) is 0 Å². The predicted molar refractivity (Wildman–Crippen MR) is 51.3 cm³/mol. The van der Waals surface area contributed by atoms with Gasteiger partial charge in [0.25, 0.3) is 0 Å². The van der Waals surface area contributed by atoms with Gasteiger partial charge in [0, 0.05) is 0 Å². The first-order valence-corrected chi connectivity index (χ1v) is 3.91. The number of amides is 2. The number of primary amides is 1. The normalized spacial score (nSPS) is 9.50. The zero-order valence-corrected chi connectivity index (χ0v) is 7.57. The predicted octanol–water partition coefficient (Wildman–Crippen LogP) is 1.18. The number of carboxylic acid groups (broad SMARTS) is 1. The second-order valence-corrected chi connectivity index (χ2v) is 2.84. The van der Waals surface area contributed by atoms with Crippen LogP contribution in [-0.4, -0.2) is 17.1 Å². The van der Waals surface area contributed by atoms with Gasteiger partial charge < -0.3 is 16.2 Å². The van der Waals surface area contributed by atoms with Crippen molar-refractivity contribution in [1.82, 2.24) is 0 Å². The van der Waals surface area contributed by atoms with E-state index in [9.17, 15) is 9.59 Å². The lowest BCUT2D eigenvalue weighted by atomic mass is 10.1. The monoisotopic (exact) mass is 194 g/mol. The summed E-state index contributed by atoms with van der Waals surface area (Å²) in [5.74, 6) is -1.10. The molecule has 5 heteroatoms. The van der Waals surface area contributed by atoms with Crippen LogP contribution in [0.5, 0.6) is 0 Å². The van der Waals surface area contributed by atoms with Crippen LogP contribution in [-0.2, 0) is 0 Å². The molecular formula is C9H10N2O3. The molecule has 74 valence electrons. The molecular weight excluding hydrogens is 184 g/mol. The van der Waals surface area contributed by atoms with Crippen molar-refractivity contribution in [3.8, 4) is 0 Å². The minimum atomic E-state index is -1.10. The van der Waals surface area contributed by atoms with Gasteiger partial charge in [0.1, 0.15) is 0 Å². The molecule has 0 aliphatic carbocycles. The standard InChI is InChI=1S/C9H10N2O3/c1-5-2-3-6(8(12)13)7(4-5)11-9(10)14/h2-4H,1H3,(H,12,13)(H3,10,11,14). The van der Waals surface area contributed by atoms with Crippen molar-refractivity contribution in [3.05, 3.63) is 29.3 Å². The third-order valence-corrected chi connectivity index (χ3v) is 1.66. The fourth-order valence-electron chi connectivity index (χ4n) is 1.08. The number of anilines is 1. The van der Waals surface area contributed by atoms with Gasteiger partial charge in [-0.05, 0) is 24.6 Å². The van der Waals surface area contributed by atoms with Gasteiger partial charge in [-0.3, -0.25) is 0 Å². The minimum Gasteiger partial charge on any atom is -0.478 e. The third-order valence-electron chi connectivity index (χ3n) is 1.66. The Balaban J connectivity index is 3.15. The van der Waals surface area contributed by atoms with Crippen molar-refractivity contribution in [1.29, 1.82) is 0 Å². The van der Waals surface area contributed by atoms with Gasteiger partial charge in [-0.2, -0.15) is 0 Å². The highest BCUT2D eigenvalue weighted by molar-refractivity contribution is 5.99. The summed E-state index contributed by atoms with van der Waals surface area (Å²) in [6.45, 7) is 1.79. The van der Waals surface area contributed by atoms with Crippen molar-refractivity contribution >= 4 is 17.7 Å². The molecule has 0 spiro atoms. The molecule has 14 heavy (non-hydrogen) atoms. The number of carbonyl (C=O) groups is 2. The number of benzene rings is 1. The fraction of sp³-hybridized carbons (Fsp3) is 0.111. The maximum absolute atomic E-state index is 10.7. The molecule has 0 unspecified atom stereocenters. The first-order chi connectivity index (χ1) is 6.50. The Morgan fingerprint density at radius 2 is 2.07 bits per heavy atom. The summed E-state index contributed by atoms with van der Waals surface area (Å²) < 4.78 is 0. The number of urea groups is 1. The number of aromatic carboxylic acids is 1. The van der Waals surface area contributed by atoms with E-state index in [1.165, 1.54) is 6.07 Å². The van der Waals surface area contributed by atoms with Crippen molar-refractivity contribution < 1.29 is 14.7 Å². The van der Waals surface area contributed by atoms with Crippen molar-refractivity contribution in [2.45, 2.75) is 6.92 Å². The molecule has 0 aliphatic heterocycles. The van der Waals surface area contributed by atoms with Crippen LogP contribution >= 0.6 is 0 Å². The largest absolute Gasteiger partial charge is 0.478 e. The van der Waals surface area contributed by atoms with E-state index in [1.54, 1.807) is 19.1 Å². The highest BCUT2D eigenvalue weighted by Gasteiger charge is 2.10. The van der Waals surface area contributed by atoms with E-state index in [1.807, 2.05) is 0 Å². The van der Waals surface area contributed by atoms with Crippen LogP contribution in [0.2, 0.25) is 0 Å². The molecule has 1 aromatic rings. The Morgan fingerprint density at radius 3 is 2.57 bits per heavy atom. The average molecular weight is 194 g/mol. The summed E-state index contributed by atoms with van der Waals surface area (Å²) in [4.78, 5) is 21.3. The van der Waals surface area contributed by atoms with E-state index < -0.39 is 12.0 Å². The lowest BCUT2D eigenvalue weighted by Gasteiger charge is -2.06. The molecule has 1 aromatic carbocycles. The Labute approximate surface area is 80.5 Å². The van der Waals surface area contributed by atoms with Gasteiger partial charge in [0.05, 0.1) is 11.3 Å². The highest BCUT2D eigenvalue weighted by atomic mass is 16.4. The zero-order valence-electron chi connectivity index (χ0n) is 7.57. The lowest BCUT2D eigenvalue weighted by Crippen LogP contribution is -2.21. The molecule has 2 amide bonds. The average Bonchev–Trinajstić information content (AvgIpc) is 2.01. The number of aryl methyl sites for hydroxylation is 1. The van der Waals surface area contributed by atoms with Crippen LogP contribution < -0.4 is 11.1 Å². The molecule has 0 atom stereocenters. The quantitative estimate of drug-likeness (QED) is 0.660. The Bertz CT molecular complexity index is 388. The molecule has 0 fully saturated rings. The van der Waals surface area contributed by atoms with E-state index in [4.69, 9.17) is 10.8 Å². The summed E-state index contributed by atoms with van der Waals surface area (Å²) in [7, 11) is 0. The summed E-state index contributed by atoms with van der Waals surface area (Å²) in [5, 5.41) is 11.0. The van der Waals surface area contributed by atoms with Crippen LogP contribution in [0.15, 0.2) is 18.2 Å². The number of rotatable bonds is 2. The van der Waals surface area contributed by atoms with Crippen LogP contribution in [0.3, 0.4) is 0 Å². The second kappa shape index (κ2) is 3.78. The first-order valence-electron chi connectivity index (χ1n) is 3.91. The molecule has 0 aromatic heterocycles. The van der Waals surface area contributed by atoms with Crippen LogP contribution in [0.1, 0.15) is 15.9 Å². The van der Waals surface area contributed by atoms with Crippen LogP contribution in [0.25, 0.3) is 0 Å². The number of carboxylic acids is 1. The van der Waals surface area contributed by atoms with E-state index in [0.717, 1.165) is 5.56 Å². The van der Waals surface area contributed by atoms with Gasteiger partial charge in [0.15, 0.2) is 0 Å². The number of hydrogen-bond acceptors (Lipinski definition) is 2. The maximum Gasteiger partial charge on any atom is 0.337 e. The number of hydrogen-bond donors (Lipinski definition) is 3. The minimum absolute atomic E-state index is 0.0226.